The summed E-state index contributed by atoms with van der Waals surface area (Å²) in [6.07, 6.45) is -0.404. The van der Waals surface area contributed by atoms with Crippen molar-refractivity contribution in [2.45, 2.75) is 6.10 Å². The topological polar surface area (TPSA) is 32.3 Å². The van der Waals surface area contributed by atoms with Crippen molar-refractivity contribution in [3.05, 3.63) is 0 Å². The SMILES string of the molecule is OC(CCl)CNI. The predicted octanol–water partition coefficient (Wildman–Crippen LogP) is 0.526. The molecule has 0 fully saturated rings. The van der Waals surface area contributed by atoms with E-state index in [0.29, 0.717) is 12.4 Å². The molecule has 0 aliphatic carbocycles. The number of aliphatic hydroxyl groups excluding tert-OH is 1. The molecule has 0 aliphatic heterocycles. The van der Waals surface area contributed by atoms with Crippen molar-refractivity contribution in [2.24, 2.45) is 0 Å². The van der Waals surface area contributed by atoms with Crippen LogP contribution in [0.4, 0.5) is 0 Å². The highest BCUT2D eigenvalue weighted by Gasteiger charge is 1.96. The number of hydrogen-bond donors (Lipinski definition) is 2. The Balaban J connectivity index is 2.83. The summed E-state index contributed by atoms with van der Waals surface area (Å²) >= 11 is 7.19. The summed E-state index contributed by atoms with van der Waals surface area (Å²) < 4.78 is 2.75. The number of nitrogens with one attached hydrogen (secondary N) is 1. The van der Waals surface area contributed by atoms with Crippen LogP contribution in [-0.4, -0.2) is 23.6 Å². The molecule has 0 aromatic rings. The van der Waals surface area contributed by atoms with Crippen LogP contribution in [0.1, 0.15) is 0 Å². The largest absolute Gasteiger partial charge is 0.391 e. The fourth-order valence-corrected chi connectivity index (χ4v) is 0.761. The van der Waals surface area contributed by atoms with E-state index in [0.717, 1.165) is 0 Å². The molecule has 0 saturated carbocycles. The molecule has 0 amide bonds. The van der Waals surface area contributed by atoms with Gasteiger partial charge in [0.15, 0.2) is 0 Å². The molecule has 0 spiro atoms. The smallest absolute Gasteiger partial charge is 0.0807 e. The van der Waals surface area contributed by atoms with Crippen molar-refractivity contribution in [3.63, 3.8) is 0 Å². The Morgan fingerprint density at radius 2 is 2.43 bits per heavy atom. The van der Waals surface area contributed by atoms with Crippen LogP contribution in [0.3, 0.4) is 0 Å². The first kappa shape index (κ1) is 7.94. The van der Waals surface area contributed by atoms with E-state index in [1.54, 1.807) is 0 Å². The van der Waals surface area contributed by atoms with Gasteiger partial charge in [-0.05, 0) is 0 Å². The van der Waals surface area contributed by atoms with E-state index in [-0.39, 0.29) is 0 Å². The second-order valence-corrected chi connectivity index (χ2v) is 2.22. The molecule has 2 N–H and O–H groups in total. The molecule has 0 aromatic heterocycles. The van der Waals surface area contributed by atoms with Gasteiger partial charge in [0.25, 0.3) is 0 Å². The Bertz CT molecular complexity index is 45.9. The number of hydrogen-bond acceptors (Lipinski definition) is 2. The van der Waals surface area contributed by atoms with Crippen molar-refractivity contribution in [1.29, 1.82) is 0 Å². The average molecular weight is 235 g/mol. The van der Waals surface area contributed by atoms with E-state index in [2.05, 4.69) is 3.53 Å². The lowest BCUT2D eigenvalue weighted by Gasteiger charge is -2.00. The lowest BCUT2D eigenvalue weighted by molar-refractivity contribution is 0.204. The van der Waals surface area contributed by atoms with Gasteiger partial charge in [-0.25, -0.2) is 0 Å². The van der Waals surface area contributed by atoms with Crippen molar-refractivity contribution < 1.29 is 5.11 Å². The molecule has 1 unspecified atom stereocenters. The minimum Gasteiger partial charge on any atom is -0.391 e. The maximum absolute atomic E-state index is 8.66. The monoisotopic (exact) mass is 235 g/mol. The highest BCUT2D eigenvalue weighted by molar-refractivity contribution is 14.1. The van der Waals surface area contributed by atoms with Crippen LogP contribution in [0.5, 0.6) is 0 Å². The van der Waals surface area contributed by atoms with E-state index in [1.807, 2.05) is 22.9 Å². The molecule has 44 valence electrons. The van der Waals surface area contributed by atoms with Gasteiger partial charge in [0.1, 0.15) is 0 Å². The minimum absolute atomic E-state index is 0.302. The third-order valence-electron chi connectivity index (χ3n) is 0.491. The third-order valence-corrected chi connectivity index (χ3v) is 1.29. The van der Waals surface area contributed by atoms with E-state index < -0.39 is 6.10 Å². The predicted molar refractivity (Wildman–Crippen MR) is 38.7 cm³/mol. The Morgan fingerprint density at radius 3 is 2.57 bits per heavy atom. The Morgan fingerprint density at radius 1 is 1.86 bits per heavy atom. The molecule has 4 heteroatoms. The van der Waals surface area contributed by atoms with Gasteiger partial charge < -0.3 is 5.11 Å². The molecule has 0 radical (unpaired) electrons. The van der Waals surface area contributed by atoms with Crippen LogP contribution < -0.4 is 3.53 Å². The molecule has 0 heterocycles. The maximum Gasteiger partial charge on any atom is 0.0807 e. The summed E-state index contributed by atoms with van der Waals surface area (Å²) in [6.45, 7) is 0.560. The van der Waals surface area contributed by atoms with Crippen molar-refractivity contribution in [1.82, 2.24) is 3.53 Å². The highest BCUT2D eigenvalue weighted by Crippen LogP contribution is 1.84. The number of halogens is 2. The van der Waals surface area contributed by atoms with Gasteiger partial charge in [-0.1, -0.05) is 0 Å². The molecule has 7 heavy (non-hydrogen) atoms. The number of aliphatic hydroxyl groups is 1. The molecular formula is C3H7ClINO. The maximum atomic E-state index is 8.66. The lowest BCUT2D eigenvalue weighted by atomic mass is 10.4. The van der Waals surface area contributed by atoms with E-state index >= 15 is 0 Å². The van der Waals surface area contributed by atoms with Crippen LogP contribution in [0.2, 0.25) is 0 Å². The molecule has 0 saturated heterocycles. The average Bonchev–Trinajstić information content (AvgIpc) is 1.68. The standard InChI is InChI=1S/C3H7ClINO/c4-1-3(7)2-6-5/h3,6-7H,1-2H2. The zero-order valence-corrected chi connectivity index (χ0v) is 6.61. The van der Waals surface area contributed by atoms with Gasteiger partial charge in [0.05, 0.1) is 6.10 Å². The van der Waals surface area contributed by atoms with Gasteiger partial charge in [0.2, 0.25) is 0 Å². The van der Waals surface area contributed by atoms with Gasteiger partial charge in [-0.3, -0.25) is 3.53 Å². The summed E-state index contributed by atoms with van der Waals surface area (Å²) in [4.78, 5) is 0. The zero-order chi connectivity index (χ0) is 5.70. The molecule has 0 rings (SSSR count). The summed E-state index contributed by atoms with van der Waals surface area (Å²) in [5.41, 5.74) is 0. The Labute approximate surface area is 61.7 Å². The van der Waals surface area contributed by atoms with Crippen LogP contribution in [0.15, 0.2) is 0 Å². The van der Waals surface area contributed by atoms with E-state index in [1.165, 1.54) is 0 Å². The van der Waals surface area contributed by atoms with Crippen molar-refractivity contribution >= 4 is 34.5 Å². The van der Waals surface area contributed by atoms with Crippen LogP contribution in [0, 0.1) is 0 Å². The number of rotatable bonds is 3. The fourth-order valence-electron chi connectivity index (χ4n) is 0.144. The molecule has 0 aliphatic rings. The molecule has 0 bridgehead atoms. The van der Waals surface area contributed by atoms with E-state index in [4.69, 9.17) is 16.7 Å². The molecule has 2 nitrogen and oxygen atoms in total. The Kier molecular flexibility index (Phi) is 5.77. The second-order valence-electron chi connectivity index (χ2n) is 1.15. The quantitative estimate of drug-likeness (QED) is 0.425. The molecule has 1 atom stereocenters. The van der Waals surface area contributed by atoms with Crippen molar-refractivity contribution in [3.8, 4) is 0 Å². The lowest BCUT2D eigenvalue weighted by Crippen LogP contribution is -2.20. The van der Waals surface area contributed by atoms with Crippen LogP contribution >= 0.6 is 34.5 Å². The normalized spacial score (nSPS) is 14.1. The first-order valence-corrected chi connectivity index (χ1v) is 3.50. The summed E-state index contributed by atoms with van der Waals surface area (Å²) in [7, 11) is 0. The van der Waals surface area contributed by atoms with Crippen molar-refractivity contribution in [2.75, 3.05) is 12.4 Å². The van der Waals surface area contributed by atoms with E-state index in [9.17, 15) is 0 Å². The second kappa shape index (κ2) is 5.08. The van der Waals surface area contributed by atoms with Gasteiger partial charge in [0, 0.05) is 35.3 Å². The third kappa shape index (κ3) is 4.80. The summed E-state index contributed by atoms with van der Waals surface area (Å²) in [5.74, 6) is 0.302. The van der Waals surface area contributed by atoms with Gasteiger partial charge in [-0.15, -0.1) is 11.6 Å². The first-order chi connectivity index (χ1) is 3.31. The first-order valence-electron chi connectivity index (χ1n) is 1.88. The zero-order valence-electron chi connectivity index (χ0n) is 3.69. The summed E-state index contributed by atoms with van der Waals surface area (Å²) in [5, 5.41) is 8.66. The molecular weight excluding hydrogens is 228 g/mol. The Hall–Kier alpha value is 0.940. The van der Waals surface area contributed by atoms with Gasteiger partial charge >= 0.3 is 0 Å². The fraction of sp³-hybridized carbons (Fsp3) is 1.00. The minimum atomic E-state index is -0.404. The highest BCUT2D eigenvalue weighted by atomic mass is 127. The van der Waals surface area contributed by atoms with Crippen LogP contribution in [0.25, 0.3) is 0 Å². The van der Waals surface area contributed by atoms with Gasteiger partial charge in [-0.2, -0.15) is 0 Å². The summed E-state index contributed by atoms with van der Waals surface area (Å²) in [6, 6.07) is 0. The van der Waals surface area contributed by atoms with Crippen LogP contribution in [-0.2, 0) is 0 Å². The molecule has 0 aromatic carbocycles. The number of alkyl halides is 1.